The van der Waals surface area contributed by atoms with Crippen molar-refractivity contribution in [2.45, 2.75) is 25.3 Å². The standard InChI is InChI=1S/C8H10F5N3O2/c1-18-3-2-16-5(4-17)14-15-6(16)7(9,10)8(11,12)13/h17H,2-4H2,1H3. The highest BCUT2D eigenvalue weighted by Crippen LogP contribution is 2.43. The highest BCUT2D eigenvalue weighted by atomic mass is 19.4. The van der Waals surface area contributed by atoms with E-state index < -0.39 is 24.5 Å². The Bertz CT molecular complexity index is 404. The predicted octanol–water partition coefficient (Wildman–Crippen LogP) is 1.07. The molecule has 1 aromatic heterocycles. The van der Waals surface area contributed by atoms with Gasteiger partial charge >= 0.3 is 12.1 Å². The molecule has 0 atom stereocenters. The first-order valence-corrected chi connectivity index (χ1v) is 4.72. The molecule has 1 rings (SSSR count). The van der Waals surface area contributed by atoms with E-state index in [2.05, 4.69) is 14.9 Å². The molecule has 5 nitrogen and oxygen atoms in total. The van der Waals surface area contributed by atoms with Gasteiger partial charge in [-0.25, -0.2) is 0 Å². The van der Waals surface area contributed by atoms with Crippen LogP contribution in [0.3, 0.4) is 0 Å². The Morgan fingerprint density at radius 2 is 1.83 bits per heavy atom. The van der Waals surface area contributed by atoms with Gasteiger partial charge in [0, 0.05) is 13.7 Å². The van der Waals surface area contributed by atoms with E-state index in [4.69, 9.17) is 5.11 Å². The number of aromatic nitrogens is 3. The van der Waals surface area contributed by atoms with Crippen LogP contribution in [0.25, 0.3) is 0 Å². The maximum Gasteiger partial charge on any atom is 0.461 e. The van der Waals surface area contributed by atoms with Crippen molar-refractivity contribution in [2.75, 3.05) is 13.7 Å². The number of ether oxygens (including phenoxy) is 1. The normalized spacial score (nSPS) is 13.1. The summed E-state index contributed by atoms with van der Waals surface area (Å²) in [4.78, 5) is 0. The second-order valence-corrected chi connectivity index (χ2v) is 3.31. The van der Waals surface area contributed by atoms with Crippen LogP contribution in [-0.4, -0.2) is 39.8 Å². The molecule has 0 bridgehead atoms. The second-order valence-electron chi connectivity index (χ2n) is 3.31. The SMILES string of the molecule is COCCn1c(CO)nnc1C(F)(F)C(F)(F)F. The number of aliphatic hydroxyl groups excluding tert-OH is 1. The minimum atomic E-state index is -5.78. The Balaban J connectivity index is 3.20. The maximum atomic E-state index is 13.1. The Morgan fingerprint density at radius 3 is 2.28 bits per heavy atom. The summed E-state index contributed by atoms with van der Waals surface area (Å²) in [5.74, 6) is -7.08. The van der Waals surface area contributed by atoms with Crippen LogP contribution in [0.1, 0.15) is 11.6 Å². The minimum absolute atomic E-state index is 0.119. The summed E-state index contributed by atoms with van der Waals surface area (Å²) in [6.45, 7) is -1.24. The van der Waals surface area contributed by atoms with E-state index in [1.165, 1.54) is 7.11 Å². The number of aliphatic hydroxyl groups is 1. The van der Waals surface area contributed by atoms with Crippen LogP contribution >= 0.6 is 0 Å². The molecule has 10 heteroatoms. The Hall–Kier alpha value is -1.29. The molecule has 0 saturated heterocycles. The van der Waals surface area contributed by atoms with Crippen LogP contribution in [-0.2, 0) is 23.8 Å². The first kappa shape index (κ1) is 14.8. The molecule has 0 fully saturated rings. The predicted molar refractivity (Wildman–Crippen MR) is 47.8 cm³/mol. The molecule has 18 heavy (non-hydrogen) atoms. The van der Waals surface area contributed by atoms with E-state index in [0.29, 0.717) is 4.57 Å². The fourth-order valence-electron chi connectivity index (χ4n) is 1.23. The fraction of sp³-hybridized carbons (Fsp3) is 0.750. The van der Waals surface area contributed by atoms with Crippen LogP contribution in [0.2, 0.25) is 0 Å². The van der Waals surface area contributed by atoms with Gasteiger partial charge in [-0.05, 0) is 0 Å². The molecule has 0 aliphatic rings. The number of methoxy groups -OCH3 is 1. The number of rotatable bonds is 5. The molecule has 0 aliphatic carbocycles. The smallest absolute Gasteiger partial charge is 0.388 e. The van der Waals surface area contributed by atoms with Crippen LogP contribution in [0.15, 0.2) is 0 Å². The van der Waals surface area contributed by atoms with Gasteiger partial charge in [-0.3, -0.25) is 0 Å². The second kappa shape index (κ2) is 5.14. The zero-order chi connectivity index (χ0) is 14.0. The lowest BCUT2D eigenvalue weighted by atomic mass is 10.3. The van der Waals surface area contributed by atoms with Crippen molar-refractivity contribution in [3.8, 4) is 0 Å². The quantitative estimate of drug-likeness (QED) is 0.817. The van der Waals surface area contributed by atoms with Crippen LogP contribution in [0, 0.1) is 0 Å². The van der Waals surface area contributed by atoms with E-state index in [-0.39, 0.29) is 19.0 Å². The summed E-state index contributed by atoms with van der Waals surface area (Å²) in [5, 5.41) is 14.7. The molecule has 0 aromatic carbocycles. The van der Waals surface area contributed by atoms with Crippen molar-refractivity contribution in [1.29, 1.82) is 0 Å². The summed E-state index contributed by atoms with van der Waals surface area (Å²) in [5.41, 5.74) is 0. The average Bonchev–Trinajstić information content (AvgIpc) is 2.67. The van der Waals surface area contributed by atoms with Crippen molar-refractivity contribution in [3.05, 3.63) is 11.6 Å². The monoisotopic (exact) mass is 275 g/mol. The molecule has 1 aromatic rings. The van der Waals surface area contributed by atoms with E-state index in [0.717, 1.165) is 0 Å². The first-order chi connectivity index (χ1) is 8.25. The van der Waals surface area contributed by atoms with E-state index in [1.807, 2.05) is 0 Å². The molecule has 0 radical (unpaired) electrons. The highest BCUT2D eigenvalue weighted by Gasteiger charge is 2.62. The van der Waals surface area contributed by atoms with Crippen molar-refractivity contribution in [2.24, 2.45) is 0 Å². The van der Waals surface area contributed by atoms with Crippen LogP contribution in [0.5, 0.6) is 0 Å². The maximum absolute atomic E-state index is 13.1. The van der Waals surface area contributed by atoms with Gasteiger partial charge in [-0.2, -0.15) is 22.0 Å². The van der Waals surface area contributed by atoms with Gasteiger partial charge in [0.05, 0.1) is 6.61 Å². The Morgan fingerprint density at radius 1 is 1.22 bits per heavy atom. The van der Waals surface area contributed by atoms with Gasteiger partial charge in [0.15, 0.2) is 5.82 Å². The molecule has 104 valence electrons. The molecule has 1 N–H and O–H groups in total. The lowest BCUT2D eigenvalue weighted by Crippen LogP contribution is -2.37. The minimum Gasteiger partial charge on any atom is -0.388 e. The molecule has 0 saturated carbocycles. The van der Waals surface area contributed by atoms with Crippen molar-refractivity contribution < 1.29 is 31.8 Å². The van der Waals surface area contributed by atoms with Crippen molar-refractivity contribution >= 4 is 0 Å². The van der Waals surface area contributed by atoms with Gasteiger partial charge in [0.2, 0.25) is 5.82 Å². The van der Waals surface area contributed by atoms with Gasteiger partial charge < -0.3 is 14.4 Å². The third-order valence-corrected chi connectivity index (χ3v) is 2.12. The third kappa shape index (κ3) is 2.58. The number of halogens is 5. The lowest BCUT2D eigenvalue weighted by Gasteiger charge is -2.19. The fourth-order valence-corrected chi connectivity index (χ4v) is 1.23. The summed E-state index contributed by atoms with van der Waals surface area (Å²) >= 11 is 0. The van der Waals surface area contributed by atoms with Gasteiger partial charge in [0.25, 0.3) is 0 Å². The van der Waals surface area contributed by atoms with Gasteiger partial charge in [0.1, 0.15) is 6.61 Å². The topological polar surface area (TPSA) is 60.2 Å². The third-order valence-electron chi connectivity index (χ3n) is 2.12. The van der Waals surface area contributed by atoms with E-state index >= 15 is 0 Å². The first-order valence-electron chi connectivity index (χ1n) is 4.72. The van der Waals surface area contributed by atoms with Crippen LogP contribution < -0.4 is 0 Å². The molecule has 1 heterocycles. The zero-order valence-electron chi connectivity index (χ0n) is 9.21. The highest BCUT2D eigenvalue weighted by molar-refractivity contribution is 5.05. The molecular weight excluding hydrogens is 265 g/mol. The number of hydrogen-bond donors (Lipinski definition) is 1. The van der Waals surface area contributed by atoms with E-state index in [1.54, 1.807) is 0 Å². The molecule has 0 spiro atoms. The number of hydrogen-bond acceptors (Lipinski definition) is 4. The number of nitrogens with zero attached hydrogens (tertiary/aromatic N) is 3. The molecular formula is C8H10F5N3O2. The molecule has 0 amide bonds. The summed E-state index contributed by atoms with van der Waals surface area (Å²) < 4.78 is 68.0. The van der Waals surface area contributed by atoms with E-state index in [9.17, 15) is 22.0 Å². The average molecular weight is 275 g/mol. The largest absolute Gasteiger partial charge is 0.461 e. The summed E-state index contributed by atoms with van der Waals surface area (Å²) in [7, 11) is 1.25. The molecule has 0 unspecified atom stereocenters. The zero-order valence-corrected chi connectivity index (χ0v) is 9.21. The summed E-state index contributed by atoms with van der Waals surface area (Å²) in [6, 6.07) is 0. The van der Waals surface area contributed by atoms with Gasteiger partial charge in [-0.15, -0.1) is 10.2 Å². The summed E-state index contributed by atoms with van der Waals surface area (Å²) in [6.07, 6.45) is -5.78. The molecule has 0 aliphatic heterocycles. The Labute approximate surface area is 98.2 Å². The van der Waals surface area contributed by atoms with Crippen molar-refractivity contribution in [3.63, 3.8) is 0 Å². The van der Waals surface area contributed by atoms with Gasteiger partial charge in [-0.1, -0.05) is 0 Å². The lowest BCUT2D eigenvalue weighted by molar-refractivity contribution is -0.293. The van der Waals surface area contributed by atoms with Crippen molar-refractivity contribution in [1.82, 2.24) is 14.8 Å². The number of alkyl halides is 5. The Kier molecular flexibility index (Phi) is 4.22. The van der Waals surface area contributed by atoms with Crippen LogP contribution in [0.4, 0.5) is 22.0 Å².